The highest BCUT2D eigenvalue weighted by Crippen LogP contribution is 2.27. The summed E-state index contributed by atoms with van der Waals surface area (Å²) < 4.78 is 39.4. The summed E-state index contributed by atoms with van der Waals surface area (Å²) in [6.45, 7) is 0. The number of nitrogens with one attached hydrogen (secondary N) is 1. The molecule has 2 aromatic carbocycles. The molecule has 8 heteroatoms. The molecule has 0 aliphatic rings. The van der Waals surface area contributed by atoms with Gasteiger partial charge in [-0.15, -0.1) is 0 Å². The number of hydrogen-bond donors (Lipinski definition) is 2. The first kappa shape index (κ1) is 14.9. The van der Waals surface area contributed by atoms with Gasteiger partial charge in [0.05, 0.1) is 26.3 Å². The molecule has 106 valence electrons. The maximum Gasteiger partial charge on any atom is 0.261 e. The standard InChI is InChI=1S/C12H9Cl2FN2O2S/c13-9-6-8(2-3-11(9)16)20(18,19)17-12-4-1-7(15)5-10(12)14/h1-6,17H,16H2. The predicted molar refractivity (Wildman–Crippen MR) is 78.1 cm³/mol. The molecule has 0 heterocycles. The van der Waals surface area contributed by atoms with Crippen molar-refractivity contribution in [2.45, 2.75) is 4.90 Å². The summed E-state index contributed by atoms with van der Waals surface area (Å²) in [6.07, 6.45) is 0. The average molecular weight is 335 g/mol. The molecule has 0 saturated carbocycles. The first-order valence-corrected chi connectivity index (χ1v) is 7.56. The van der Waals surface area contributed by atoms with Crippen LogP contribution in [0, 0.1) is 5.82 Å². The van der Waals surface area contributed by atoms with E-state index in [0.29, 0.717) is 0 Å². The van der Waals surface area contributed by atoms with Crippen molar-refractivity contribution in [3.8, 4) is 0 Å². The molecule has 0 amide bonds. The number of nitrogens with two attached hydrogens (primary N) is 1. The minimum atomic E-state index is -3.88. The molecule has 0 saturated heterocycles. The van der Waals surface area contributed by atoms with E-state index in [0.717, 1.165) is 12.1 Å². The number of anilines is 2. The predicted octanol–water partition coefficient (Wildman–Crippen LogP) is 3.52. The zero-order valence-electron chi connectivity index (χ0n) is 9.90. The van der Waals surface area contributed by atoms with Crippen LogP contribution in [0.5, 0.6) is 0 Å². The number of nitrogen functional groups attached to an aromatic ring is 1. The third kappa shape index (κ3) is 3.15. The average Bonchev–Trinajstić information content (AvgIpc) is 2.36. The van der Waals surface area contributed by atoms with E-state index in [4.69, 9.17) is 28.9 Å². The minimum Gasteiger partial charge on any atom is -0.398 e. The fraction of sp³-hybridized carbons (Fsp3) is 0. The van der Waals surface area contributed by atoms with Crippen molar-refractivity contribution < 1.29 is 12.8 Å². The van der Waals surface area contributed by atoms with Crippen LogP contribution in [0.2, 0.25) is 10.0 Å². The smallest absolute Gasteiger partial charge is 0.261 e. The quantitative estimate of drug-likeness (QED) is 0.843. The van der Waals surface area contributed by atoms with Crippen molar-refractivity contribution in [3.63, 3.8) is 0 Å². The van der Waals surface area contributed by atoms with Crippen LogP contribution < -0.4 is 10.5 Å². The maximum atomic E-state index is 12.9. The Morgan fingerprint density at radius 1 is 1.05 bits per heavy atom. The molecule has 2 aromatic rings. The summed E-state index contributed by atoms with van der Waals surface area (Å²) in [4.78, 5) is -0.0721. The summed E-state index contributed by atoms with van der Waals surface area (Å²) in [6, 6.07) is 7.24. The van der Waals surface area contributed by atoms with Crippen LogP contribution in [0.4, 0.5) is 15.8 Å². The fourth-order valence-corrected chi connectivity index (χ4v) is 3.07. The SMILES string of the molecule is Nc1ccc(S(=O)(=O)Nc2ccc(F)cc2Cl)cc1Cl. The summed E-state index contributed by atoms with van der Waals surface area (Å²) in [5, 5.41) is 0.0770. The molecule has 0 fully saturated rings. The lowest BCUT2D eigenvalue weighted by Gasteiger charge is -2.10. The van der Waals surface area contributed by atoms with Gasteiger partial charge in [0.15, 0.2) is 0 Å². The molecule has 20 heavy (non-hydrogen) atoms. The molecule has 0 aliphatic carbocycles. The van der Waals surface area contributed by atoms with Crippen molar-refractivity contribution in [3.05, 3.63) is 52.3 Å². The molecule has 0 radical (unpaired) electrons. The first-order chi connectivity index (χ1) is 9.29. The van der Waals surface area contributed by atoms with Gasteiger partial charge in [0.1, 0.15) is 5.82 Å². The third-order valence-electron chi connectivity index (χ3n) is 2.46. The number of rotatable bonds is 3. The maximum absolute atomic E-state index is 12.9. The number of benzene rings is 2. The third-order valence-corrected chi connectivity index (χ3v) is 4.46. The van der Waals surface area contributed by atoms with Gasteiger partial charge in [-0.05, 0) is 36.4 Å². The van der Waals surface area contributed by atoms with E-state index in [1.807, 2.05) is 0 Å². The number of sulfonamides is 1. The Morgan fingerprint density at radius 3 is 2.35 bits per heavy atom. The van der Waals surface area contributed by atoms with Gasteiger partial charge in [0.25, 0.3) is 10.0 Å². The van der Waals surface area contributed by atoms with Gasteiger partial charge in [-0.25, -0.2) is 12.8 Å². The van der Waals surface area contributed by atoms with Gasteiger partial charge in [-0.2, -0.15) is 0 Å². The van der Waals surface area contributed by atoms with Crippen LogP contribution in [0.25, 0.3) is 0 Å². The van der Waals surface area contributed by atoms with Gasteiger partial charge < -0.3 is 5.73 Å². The van der Waals surface area contributed by atoms with Gasteiger partial charge in [-0.1, -0.05) is 23.2 Å². The van der Waals surface area contributed by atoms with E-state index in [1.54, 1.807) is 0 Å². The van der Waals surface area contributed by atoms with E-state index in [2.05, 4.69) is 4.72 Å². The summed E-state index contributed by atoms with van der Waals surface area (Å²) >= 11 is 11.5. The molecular formula is C12H9Cl2FN2O2S. The highest BCUT2D eigenvalue weighted by molar-refractivity contribution is 7.92. The summed E-state index contributed by atoms with van der Waals surface area (Å²) in [5.41, 5.74) is 5.85. The normalized spacial score (nSPS) is 11.3. The first-order valence-electron chi connectivity index (χ1n) is 5.32. The lowest BCUT2D eigenvalue weighted by molar-refractivity contribution is 0.601. The molecule has 0 unspecified atom stereocenters. The van der Waals surface area contributed by atoms with Crippen molar-refractivity contribution in [1.29, 1.82) is 0 Å². The van der Waals surface area contributed by atoms with E-state index in [1.165, 1.54) is 24.3 Å². The fourth-order valence-electron chi connectivity index (χ4n) is 1.45. The Labute approximate surface area is 125 Å². The van der Waals surface area contributed by atoms with E-state index >= 15 is 0 Å². The zero-order chi connectivity index (χ0) is 14.9. The van der Waals surface area contributed by atoms with E-state index < -0.39 is 15.8 Å². The van der Waals surface area contributed by atoms with Crippen LogP contribution in [0.1, 0.15) is 0 Å². The molecule has 0 spiro atoms. The molecule has 0 atom stereocenters. The Kier molecular flexibility index (Phi) is 4.08. The van der Waals surface area contributed by atoms with Crippen LogP contribution in [0.3, 0.4) is 0 Å². The Morgan fingerprint density at radius 2 is 1.75 bits per heavy atom. The number of hydrogen-bond acceptors (Lipinski definition) is 3. The van der Waals surface area contributed by atoms with Crippen LogP contribution in [0.15, 0.2) is 41.3 Å². The van der Waals surface area contributed by atoms with Crippen LogP contribution >= 0.6 is 23.2 Å². The second kappa shape index (κ2) is 5.47. The van der Waals surface area contributed by atoms with Gasteiger partial charge in [0, 0.05) is 0 Å². The Balaban J connectivity index is 2.38. The van der Waals surface area contributed by atoms with Crippen LogP contribution in [-0.4, -0.2) is 8.42 Å². The number of halogens is 3. The molecule has 2 rings (SSSR count). The molecular weight excluding hydrogens is 326 g/mol. The molecule has 0 aliphatic heterocycles. The lowest BCUT2D eigenvalue weighted by Crippen LogP contribution is -2.13. The highest BCUT2D eigenvalue weighted by Gasteiger charge is 2.17. The van der Waals surface area contributed by atoms with Gasteiger partial charge >= 0.3 is 0 Å². The summed E-state index contributed by atoms with van der Waals surface area (Å²) in [5.74, 6) is -0.562. The Bertz CT molecular complexity index is 766. The van der Waals surface area contributed by atoms with Crippen molar-refractivity contribution >= 4 is 44.6 Å². The van der Waals surface area contributed by atoms with Crippen molar-refractivity contribution in [2.24, 2.45) is 0 Å². The molecule has 0 aromatic heterocycles. The second-order valence-corrected chi connectivity index (χ2v) is 6.41. The van der Waals surface area contributed by atoms with Gasteiger partial charge in [-0.3, -0.25) is 4.72 Å². The molecule has 3 N–H and O–H groups in total. The summed E-state index contributed by atoms with van der Waals surface area (Å²) in [7, 11) is -3.88. The lowest BCUT2D eigenvalue weighted by atomic mass is 10.3. The molecule has 4 nitrogen and oxygen atoms in total. The zero-order valence-corrected chi connectivity index (χ0v) is 12.2. The van der Waals surface area contributed by atoms with E-state index in [9.17, 15) is 12.8 Å². The Hall–Kier alpha value is -1.50. The second-order valence-electron chi connectivity index (χ2n) is 3.91. The van der Waals surface area contributed by atoms with E-state index in [-0.39, 0.29) is 26.3 Å². The van der Waals surface area contributed by atoms with Crippen molar-refractivity contribution in [1.82, 2.24) is 0 Å². The minimum absolute atomic E-state index is 0.0462. The van der Waals surface area contributed by atoms with Crippen molar-refractivity contribution in [2.75, 3.05) is 10.5 Å². The highest BCUT2D eigenvalue weighted by atomic mass is 35.5. The topological polar surface area (TPSA) is 72.2 Å². The molecule has 0 bridgehead atoms. The van der Waals surface area contributed by atoms with Gasteiger partial charge in [0.2, 0.25) is 0 Å². The van der Waals surface area contributed by atoms with Crippen LogP contribution in [-0.2, 0) is 10.0 Å². The largest absolute Gasteiger partial charge is 0.398 e. The monoisotopic (exact) mass is 334 g/mol.